The summed E-state index contributed by atoms with van der Waals surface area (Å²) in [6.07, 6.45) is 8.82. The molecule has 9 nitrogen and oxygen atoms in total. The zero-order valence-electron chi connectivity index (χ0n) is 25.0. The van der Waals surface area contributed by atoms with Gasteiger partial charge in [0.1, 0.15) is 28.7 Å². The molecule has 0 spiro atoms. The van der Waals surface area contributed by atoms with E-state index in [9.17, 15) is 4.79 Å². The number of nitrogens with two attached hydrogens (primary N) is 1. The van der Waals surface area contributed by atoms with Crippen LogP contribution in [0.4, 0.5) is 5.95 Å². The molecule has 43 heavy (non-hydrogen) atoms. The minimum atomic E-state index is -0.327. The molecule has 3 aromatic heterocycles. The van der Waals surface area contributed by atoms with Crippen LogP contribution in [0.15, 0.2) is 36.7 Å². The first-order valence-corrected chi connectivity index (χ1v) is 15.0. The van der Waals surface area contributed by atoms with Crippen LogP contribution in [0.5, 0.6) is 5.75 Å². The van der Waals surface area contributed by atoms with Gasteiger partial charge in [-0.3, -0.25) is 9.78 Å². The van der Waals surface area contributed by atoms with Crippen molar-refractivity contribution < 1.29 is 14.3 Å². The van der Waals surface area contributed by atoms with Crippen molar-refractivity contribution in [1.29, 1.82) is 0 Å². The fourth-order valence-electron chi connectivity index (χ4n) is 5.45. The molecule has 4 aromatic rings. The van der Waals surface area contributed by atoms with Crippen molar-refractivity contribution in [3.8, 4) is 17.6 Å². The van der Waals surface area contributed by atoms with Gasteiger partial charge in [-0.15, -0.1) is 0 Å². The topological polar surface area (TPSA) is 117 Å². The Bertz CT molecular complexity index is 1680. The van der Waals surface area contributed by atoms with Crippen molar-refractivity contribution in [2.75, 3.05) is 19.4 Å². The number of halogens is 1. The van der Waals surface area contributed by atoms with Crippen molar-refractivity contribution in [1.82, 2.24) is 24.8 Å². The first kappa shape index (κ1) is 30.3. The molecule has 1 unspecified atom stereocenters. The number of carbonyl (C=O) groups excluding carboxylic acids is 1. The smallest absolute Gasteiger partial charge is 0.323 e. The number of rotatable bonds is 9. The maximum absolute atomic E-state index is 12.3. The molecule has 1 aliphatic carbocycles. The van der Waals surface area contributed by atoms with Gasteiger partial charge in [0.25, 0.3) is 0 Å². The van der Waals surface area contributed by atoms with Gasteiger partial charge in [-0.05, 0) is 77.1 Å². The van der Waals surface area contributed by atoms with Gasteiger partial charge >= 0.3 is 5.97 Å². The van der Waals surface area contributed by atoms with Crippen LogP contribution in [0.1, 0.15) is 66.1 Å². The van der Waals surface area contributed by atoms with Crippen molar-refractivity contribution in [2.24, 2.45) is 0 Å². The van der Waals surface area contributed by atoms with E-state index in [1.165, 1.54) is 0 Å². The molecule has 10 heteroatoms. The first-order chi connectivity index (χ1) is 20.7. The number of benzene rings is 1. The van der Waals surface area contributed by atoms with Crippen LogP contribution < -0.4 is 15.8 Å². The Labute approximate surface area is 257 Å². The van der Waals surface area contributed by atoms with Crippen molar-refractivity contribution in [3.05, 3.63) is 75.3 Å². The summed E-state index contributed by atoms with van der Waals surface area (Å²) in [5, 5.41) is 4.17. The number of esters is 1. The number of carbonyl (C=O) groups is 1. The number of hydrogen-bond donors (Lipinski definition) is 2. The lowest BCUT2D eigenvalue weighted by molar-refractivity contribution is -0.150. The summed E-state index contributed by atoms with van der Waals surface area (Å²) < 4.78 is 13.1. The molecule has 0 aliphatic heterocycles. The number of ether oxygens (including phenoxy) is 2. The number of pyridine rings is 1. The number of aromatic nitrogens is 4. The molecule has 1 fully saturated rings. The van der Waals surface area contributed by atoms with Gasteiger partial charge in [0.2, 0.25) is 5.95 Å². The largest absolute Gasteiger partial charge is 0.496 e. The van der Waals surface area contributed by atoms with Gasteiger partial charge in [0, 0.05) is 29.1 Å². The van der Waals surface area contributed by atoms with Crippen LogP contribution in [0.3, 0.4) is 0 Å². The highest BCUT2D eigenvalue weighted by Crippen LogP contribution is 2.29. The molecule has 5 rings (SSSR count). The molecule has 1 aromatic carbocycles. The summed E-state index contributed by atoms with van der Waals surface area (Å²) in [7, 11) is 1.66. The number of aryl methyl sites for hydroxylation is 1. The van der Waals surface area contributed by atoms with Crippen molar-refractivity contribution in [3.63, 3.8) is 0 Å². The number of nitrogens with zero attached hydrogens (tertiary/aromatic N) is 4. The van der Waals surface area contributed by atoms with Gasteiger partial charge in [-0.25, -0.2) is 4.98 Å². The number of anilines is 1. The third-order valence-electron chi connectivity index (χ3n) is 7.86. The quantitative estimate of drug-likeness (QED) is 0.154. The average molecular weight is 601 g/mol. The number of methoxy groups -OCH3 is 1. The first-order valence-electron chi connectivity index (χ1n) is 14.6. The van der Waals surface area contributed by atoms with Gasteiger partial charge in [-0.1, -0.05) is 35.6 Å². The van der Waals surface area contributed by atoms with E-state index in [4.69, 9.17) is 26.8 Å². The van der Waals surface area contributed by atoms with E-state index >= 15 is 0 Å². The second-order valence-corrected chi connectivity index (χ2v) is 11.4. The highest BCUT2D eigenvalue weighted by molar-refractivity contribution is 6.34. The molecule has 0 saturated heterocycles. The zero-order chi connectivity index (χ0) is 30.5. The summed E-state index contributed by atoms with van der Waals surface area (Å²) in [5.74, 6) is 7.22. The molecule has 3 N–H and O–H groups in total. The maximum atomic E-state index is 12.3. The van der Waals surface area contributed by atoms with Crippen LogP contribution in [0, 0.1) is 25.7 Å². The normalized spacial score (nSPS) is 14.0. The zero-order valence-corrected chi connectivity index (χ0v) is 25.8. The summed E-state index contributed by atoms with van der Waals surface area (Å²) in [4.78, 5) is 25.6. The predicted molar refractivity (Wildman–Crippen MR) is 168 cm³/mol. The lowest BCUT2D eigenvalue weighted by Crippen LogP contribution is -2.38. The van der Waals surface area contributed by atoms with Crippen LogP contribution in [0.2, 0.25) is 5.15 Å². The predicted octanol–water partition coefficient (Wildman–Crippen LogP) is 5.14. The SMILES string of the molecule is COc1c(C)cnc(Cn2cc(C#Cc3ccc(CCNC(C)C(=O)OC4CCCC4)cc3)c3c(Cl)nc(N)nc32)c1C. The van der Waals surface area contributed by atoms with E-state index in [1.807, 2.05) is 55.8 Å². The third kappa shape index (κ3) is 7.10. The summed E-state index contributed by atoms with van der Waals surface area (Å²) >= 11 is 6.54. The molecule has 224 valence electrons. The molecular weight excluding hydrogens is 564 g/mol. The van der Waals surface area contributed by atoms with Gasteiger partial charge in [0.15, 0.2) is 0 Å². The van der Waals surface area contributed by atoms with Crippen LogP contribution in [-0.2, 0) is 22.5 Å². The number of fused-ring (bicyclic) bond motifs is 1. The van der Waals surface area contributed by atoms with E-state index in [2.05, 4.69) is 32.1 Å². The Kier molecular flexibility index (Phi) is 9.49. The second-order valence-electron chi connectivity index (χ2n) is 11.0. The molecule has 1 aliphatic rings. The minimum Gasteiger partial charge on any atom is -0.496 e. The Morgan fingerprint density at radius 3 is 2.65 bits per heavy atom. The van der Waals surface area contributed by atoms with Crippen LogP contribution in [0.25, 0.3) is 11.0 Å². The molecule has 0 amide bonds. The molecule has 1 atom stereocenters. The Balaban J connectivity index is 1.28. The second kappa shape index (κ2) is 13.4. The Morgan fingerprint density at radius 1 is 1.19 bits per heavy atom. The van der Waals surface area contributed by atoms with Gasteiger partial charge < -0.3 is 25.1 Å². The average Bonchev–Trinajstić information content (AvgIpc) is 3.62. The van der Waals surface area contributed by atoms with Gasteiger partial charge in [-0.2, -0.15) is 4.98 Å². The Morgan fingerprint density at radius 2 is 1.93 bits per heavy atom. The molecule has 0 bridgehead atoms. The third-order valence-corrected chi connectivity index (χ3v) is 8.13. The van der Waals surface area contributed by atoms with Crippen molar-refractivity contribution >= 4 is 34.6 Å². The fraction of sp³-hybridized carbons (Fsp3) is 0.394. The summed E-state index contributed by atoms with van der Waals surface area (Å²) in [6.45, 7) is 6.92. The molecule has 3 heterocycles. The van der Waals surface area contributed by atoms with Crippen LogP contribution >= 0.6 is 11.6 Å². The van der Waals surface area contributed by atoms with Crippen molar-refractivity contribution in [2.45, 2.75) is 71.6 Å². The van der Waals surface area contributed by atoms with E-state index < -0.39 is 0 Å². The molecule has 1 saturated carbocycles. The van der Waals surface area contributed by atoms with E-state index in [-0.39, 0.29) is 29.2 Å². The standard InChI is InChI=1S/C33H37ClN6O3/c1-20-17-37-27(21(2)29(20)42-4)19-40-18-25(28-30(34)38-33(35)39-31(28)40)14-13-23-9-11-24(12-10-23)15-16-36-22(3)32(41)43-26-7-5-6-8-26/h9-12,17-18,22,26,36H,5-8,15-16,19H2,1-4H3,(H2,35,38,39). The van der Waals surface area contributed by atoms with E-state index in [0.29, 0.717) is 29.7 Å². The van der Waals surface area contributed by atoms with Gasteiger partial charge in [0.05, 0.1) is 30.3 Å². The number of hydrogen-bond acceptors (Lipinski definition) is 8. The molecular formula is C33H37ClN6O3. The highest BCUT2D eigenvalue weighted by atomic mass is 35.5. The minimum absolute atomic E-state index is 0.0853. The van der Waals surface area contributed by atoms with E-state index in [1.54, 1.807) is 13.3 Å². The lowest BCUT2D eigenvalue weighted by Gasteiger charge is -2.17. The lowest BCUT2D eigenvalue weighted by atomic mass is 10.1. The maximum Gasteiger partial charge on any atom is 0.323 e. The van der Waals surface area contributed by atoms with E-state index in [0.717, 1.165) is 65.8 Å². The summed E-state index contributed by atoms with van der Waals surface area (Å²) in [5.41, 5.74) is 12.0. The molecule has 0 radical (unpaired) electrons. The highest BCUT2D eigenvalue weighted by Gasteiger charge is 2.22. The Hall–Kier alpha value is -4.13. The summed E-state index contributed by atoms with van der Waals surface area (Å²) in [6, 6.07) is 7.74. The fourth-order valence-corrected chi connectivity index (χ4v) is 5.72. The number of nitrogen functional groups attached to an aromatic ring is 1. The van der Waals surface area contributed by atoms with Crippen LogP contribution in [-0.4, -0.2) is 51.3 Å². The monoisotopic (exact) mass is 600 g/mol. The number of nitrogens with one attached hydrogen (secondary N) is 1.